The summed E-state index contributed by atoms with van der Waals surface area (Å²) in [6.45, 7) is 6.21. The predicted molar refractivity (Wildman–Crippen MR) is 69.5 cm³/mol. The molecule has 1 aliphatic carbocycles. The van der Waals surface area contributed by atoms with E-state index < -0.39 is 0 Å². The maximum absolute atomic E-state index is 5.99. The zero-order chi connectivity index (χ0) is 12.5. The van der Waals surface area contributed by atoms with E-state index in [4.69, 9.17) is 10.2 Å². The van der Waals surface area contributed by atoms with Crippen LogP contribution in [0.3, 0.4) is 0 Å². The molecule has 0 spiro atoms. The van der Waals surface area contributed by atoms with Crippen LogP contribution in [0, 0.1) is 11.8 Å². The van der Waals surface area contributed by atoms with Crippen molar-refractivity contribution >= 4 is 0 Å². The normalized spacial score (nSPS) is 28.7. The summed E-state index contributed by atoms with van der Waals surface area (Å²) >= 11 is 0. The maximum atomic E-state index is 5.99. The molecule has 1 aliphatic rings. The predicted octanol–water partition coefficient (Wildman–Crippen LogP) is 2.47. The van der Waals surface area contributed by atoms with E-state index in [1.54, 1.807) is 6.26 Å². The molecule has 2 N–H and O–H groups in total. The van der Waals surface area contributed by atoms with E-state index in [-0.39, 0.29) is 5.54 Å². The highest BCUT2D eigenvalue weighted by atomic mass is 16.3. The monoisotopic (exact) mass is 236 g/mol. The summed E-state index contributed by atoms with van der Waals surface area (Å²) in [7, 11) is 2.16. The third-order valence-electron chi connectivity index (χ3n) is 4.39. The van der Waals surface area contributed by atoms with Gasteiger partial charge in [-0.3, -0.25) is 4.90 Å². The van der Waals surface area contributed by atoms with Crippen LogP contribution in [0.15, 0.2) is 22.8 Å². The van der Waals surface area contributed by atoms with Gasteiger partial charge >= 0.3 is 0 Å². The lowest BCUT2D eigenvalue weighted by Gasteiger charge is -2.54. The van der Waals surface area contributed by atoms with Crippen molar-refractivity contribution in [2.75, 3.05) is 13.6 Å². The Hall–Kier alpha value is -0.800. The Labute approximate surface area is 104 Å². The van der Waals surface area contributed by atoms with Gasteiger partial charge in [-0.25, -0.2) is 0 Å². The Bertz CT molecular complexity index is 339. The first kappa shape index (κ1) is 12.7. The van der Waals surface area contributed by atoms with Crippen LogP contribution in [-0.4, -0.2) is 24.0 Å². The Kier molecular flexibility index (Phi) is 3.59. The highest BCUT2D eigenvalue weighted by Gasteiger charge is 2.46. The summed E-state index contributed by atoms with van der Waals surface area (Å²) in [5.41, 5.74) is 6.18. The fourth-order valence-corrected chi connectivity index (χ4v) is 2.83. The fourth-order valence-electron chi connectivity index (χ4n) is 2.83. The molecule has 2 rings (SSSR count). The second-order valence-electron chi connectivity index (χ2n) is 5.78. The van der Waals surface area contributed by atoms with Crippen molar-refractivity contribution in [3.8, 4) is 0 Å². The molecule has 1 fully saturated rings. The number of nitrogens with zero attached hydrogens (tertiary/aromatic N) is 1. The highest BCUT2D eigenvalue weighted by molar-refractivity contribution is 5.06. The Morgan fingerprint density at radius 3 is 2.71 bits per heavy atom. The second-order valence-corrected chi connectivity index (χ2v) is 5.78. The van der Waals surface area contributed by atoms with Gasteiger partial charge in [0.15, 0.2) is 0 Å². The lowest BCUT2D eigenvalue weighted by atomic mass is 9.63. The van der Waals surface area contributed by atoms with Gasteiger partial charge in [0.25, 0.3) is 0 Å². The Morgan fingerprint density at radius 1 is 1.53 bits per heavy atom. The first-order valence-electron chi connectivity index (χ1n) is 6.51. The molecule has 1 aromatic rings. The van der Waals surface area contributed by atoms with Crippen molar-refractivity contribution in [2.24, 2.45) is 17.6 Å². The van der Waals surface area contributed by atoms with Crippen molar-refractivity contribution in [2.45, 2.75) is 38.8 Å². The van der Waals surface area contributed by atoms with Gasteiger partial charge in [0.05, 0.1) is 12.8 Å². The standard InChI is InChI=1S/C14H24N2O/c1-11(2)12-7-14(8-12,10-15)16(3)9-13-5-4-6-17-13/h4-6,11-12H,7-10,15H2,1-3H3. The van der Waals surface area contributed by atoms with Crippen LogP contribution in [0.1, 0.15) is 32.4 Å². The molecule has 96 valence electrons. The number of nitrogens with two attached hydrogens (primary N) is 1. The molecule has 1 aromatic heterocycles. The molecule has 0 aromatic carbocycles. The summed E-state index contributed by atoms with van der Waals surface area (Å²) < 4.78 is 5.40. The molecule has 0 amide bonds. The SMILES string of the molecule is CC(C)C1CC(CN)(N(C)Cc2ccco2)C1. The lowest BCUT2D eigenvalue weighted by molar-refractivity contribution is -0.0273. The summed E-state index contributed by atoms with van der Waals surface area (Å²) in [6.07, 6.45) is 4.17. The van der Waals surface area contributed by atoms with E-state index in [1.807, 2.05) is 12.1 Å². The molecule has 1 saturated carbocycles. The number of furan rings is 1. The van der Waals surface area contributed by atoms with Crippen molar-refractivity contribution < 1.29 is 4.42 Å². The third-order valence-corrected chi connectivity index (χ3v) is 4.39. The van der Waals surface area contributed by atoms with Crippen molar-refractivity contribution in [1.29, 1.82) is 0 Å². The molecule has 0 bridgehead atoms. The summed E-state index contributed by atoms with van der Waals surface area (Å²) in [6, 6.07) is 3.97. The van der Waals surface area contributed by atoms with E-state index >= 15 is 0 Å². The molecule has 3 nitrogen and oxygen atoms in total. The average molecular weight is 236 g/mol. The molecule has 0 unspecified atom stereocenters. The van der Waals surface area contributed by atoms with Gasteiger partial charge in [0.2, 0.25) is 0 Å². The van der Waals surface area contributed by atoms with Crippen LogP contribution in [0.5, 0.6) is 0 Å². The van der Waals surface area contributed by atoms with Gasteiger partial charge in [0, 0.05) is 12.1 Å². The zero-order valence-electron chi connectivity index (χ0n) is 11.1. The largest absolute Gasteiger partial charge is 0.468 e. The van der Waals surface area contributed by atoms with E-state index in [1.165, 1.54) is 12.8 Å². The molecule has 0 aliphatic heterocycles. The van der Waals surface area contributed by atoms with Crippen LogP contribution >= 0.6 is 0 Å². The van der Waals surface area contributed by atoms with Gasteiger partial charge < -0.3 is 10.2 Å². The quantitative estimate of drug-likeness (QED) is 0.854. The number of hydrogen-bond donors (Lipinski definition) is 1. The minimum absolute atomic E-state index is 0.196. The van der Waals surface area contributed by atoms with E-state index in [9.17, 15) is 0 Å². The summed E-state index contributed by atoms with van der Waals surface area (Å²) in [5.74, 6) is 2.62. The molecular weight excluding hydrogens is 212 g/mol. The highest BCUT2D eigenvalue weighted by Crippen LogP contribution is 2.45. The fraction of sp³-hybridized carbons (Fsp3) is 0.714. The van der Waals surface area contributed by atoms with Crippen LogP contribution in [0.2, 0.25) is 0 Å². The first-order valence-corrected chi connectivity index (χ1v) is 6.51. The van der Waals surface area contributed by atoms with Crippen LogP contribution in [0.4, 0.5) is 0 Å². The van der Waals surface area contributed by atoms with Gasteiger partial charge in [0.1, 0.15) is 5.76 Å². The minimum Gasteiger partial charge on any atom is -0.468 e. The van der Waals surface area contributed by atoms with Gasteiger partial charge in [-0.1, -0.05) is 13.8 Å². The second kappa shape index (κ2) is 4.83. The first-order chi connectivity index (χ1) is 8.07. The summed E-state index contributed by atoms with van der Waals surface area (Å²) in [4.78, 5) is 2.37. The third kappa shape index (κ3) is 2.40. The van der Waals surface area contributed by atoms with Crippen LogP contribution in [0.25, 0.3) is 0 Å². The smallest absolute Gasteiger partial charge is 0.117 e. The number of rotatable bonds is 5. The van der Waals surface area contributed by atoms with Crippen molar-refractivity contribution in [1.82, 2.24) is 4.90 Å². The molecule has 1 heterocycles. The van der Waals surface area contributed by atoms with Crippen LogP contribution in [-0.2, 0) is 6.54 Å². The molecule has 3 heteroatoms. The number of hydrogen-bond acceptors (Lipinski definition) is 3. The van der Waals surface area contributed by atoms with Gasteiger partial charge in [-0.2, -0.15) is 0 Å². The Morgan fingerprint density at radius 2 is 2.24 bits per heavy atom. The van der Waals surface area contributed by atoms with Crippen molar-refractivity contribution in [3.05, 3.63) is 24.2 Å². The molecule has 0 atom stereocenters. The van der Waals surface area contributed by atoms with E-state index in [0.29, 0.717) is 0 Å². The zero-order valence-corrected chi connectivity index (χ0v) is 11.1. The molecule has 0 radical (unpaired) electrons. The van der Waals surface area contributed by atoms with Gasteiger partial charge in [-0.15, -0.1) is 0 Å². The minimum atomic E-state index is 0.196. The van der Waals surface area contributed by atoms with E-state index in [0.717, 1.165) is 30.7 Å². The van der Waals surface area contributed by atoms with Crippen LogP contribution < -0.4 is 5.73 Å². The molecular formula is C14H24N2O. The Balaban J connectivity index is 1.95. The van der Waals surface area contributed by atoms with Gasteiger partial charge in [-0.05, 0) is 43.9 Å². The maximum Gasteiger partial charge on any atom is 0.117 e. The topological polar surface area (TPSA) is 42.4 Å². The average Bonchev–Trinajstić information content (AvgIpc) is 2.69. The lowest BCUT2D eigenvalue weighted by Crippen LogP contribution is -2.60. The van der Waals surface area contributed by atoms with E-state index in [2.05, 4.69) is 25.8 Å². The number of likely N-dealkylation sites (N-methyl/N-ethyl adjacent to an activating group) is 1. The summed E-state index contributed by atoms with van der Waals surface area (Å²) in [5, 5.41) is 0. The molecule has 0 saturated heterocycles. The van der Waals surface area contributed by atoms with Crippen molar-refractivity contribution in [3.63, 3.8) is 0 Å². The molecule has 17 heavy (non-hydrogen) atoms.